The minimum Gasteiger partial charge on any atom is -0.454 e. The lowest BCUT2D eigenvalue weighted by molar-refractivity contribution is -0.150. The zero-order valence-electron chi connectivity index (χ0n) is 15.4. The molecule has 0 aliphatic carbocycles. The lowest BCUT2D eigenvalue weighted by Gasteiger charge is -2.20. The second kappa shape index (κ2) is 9.59. The van der Waals surface area contributed by atoms with Crippen LogP contribution in [0.2, 0.25) is 0 Å². The molecule has 2 aromatic rings. The fourth-order valence-corrected chi connectivity index (χ4v) is 2.28. The molecule has 0 radical (unpaired) electrons. The summed E-state index contributed by atoms with van der Waals surface area (Å²) in [6.07, 6.45) is 0. The topological polar surface area (TPSA) is 84.5 Å². The molecule has 0 heterocycles. The second-order valence-corrected chi connectivity index (χ2v) is 6.36. The third-order valence-corrected chi connectivity index (χ3v) is 3.79. The van der Waals surface area contributed by atoms with Gasteiger partial charge in [-0.15, -0.1) is 0 Å². The van der Waals surface area contributed by atoms with Gasteiger partial charge in [0.2, 0.25) is 0 Å². The zero-order valence-corrected chi connectivity index (χ0v) is 15.4. The average molecular weight is 390 g/mol. The summed E-state index contributed by atoms with van der Waals surface area (Å²) in [7, 11) is 0. The van der Waals surface area contributed by atoms with E-state index in [2.05, 4.69) is 10.6 Å². The molecule has 0 saturated carbocycles. The number of anilines is 1. The van der Waals surface area contributed by atoms with Crippen molar-refractivity contribution in [2.75, 3.05) is 11.9 Å². The summed E-state index contributed by atoms with van der Waals surface area (Å²) in [5, 5.41) is 4.98. The molecule has 0 saturated heterocycles. The first-order chi connectivity index (χ1) is 13.3. The highest BCUT2D eigenvalue weighted by molar-refractivity contribution is 5.97. The van der Waals surface area contributed by atoms with Crippen LogP contribution in [0.15, 0.2) is 48.5 Å². The summed E-state index contributed by atoms with van der Waals surface area (Å²) in [4.78, 5) is 36.4. The Balaban J connectivity index is 1.91. The van der Waals surface area contributed by atoms with Gasteiger partial charge in [0.1, 0.15) is 17.7 Å². The van der Waals surface area contributed by atoms with Crippen LogP contribution in [0.4, 0.5) is 14.5 Å². The fourth-order valence-electron chi connectivity index (χ4n) is 2.28. The molecule has 2 rings (SSSR count). The van der Waals surface area contributed by atoms with Crippen molar-refractivity contribution in [1.29, 1.82) is 0 Å². The van der Waals surface area contributed by atoms with E-state index in [1.165, 1.54) is 36.4 Å². The maximum Gasteiger partial charge on any atom is 0.329 e. The van der Waals surface area contributed by atoms with Gasteiger partial charge in [0.05, 0.1) is 0 Å². The van der Waals surface area contributed by atoms with Gasteiger partial charge in [-0.25, -0.2) is 13.6 Å². The van der Waals surface area contributed by atoms with Gasteiger partial charge in [0, 0.05) is 11.3 Å². The van der Waals surface area contributed by atoms with Gasteiger partial charge in [0.25, 0.3) is 11.8 Å². The Morgan fingerprint density at radius 1 is 0.929 bits per heavy atom. The predicted octanol–water partition coefficient (Wildman–Crippen LogP) is 2.90. The standard InChI is InChI=1S/C20H20F2N2O4/c1-12(2)18(24-19(26)13-3-5-14(21)6-4-13)20(27)28-11-17(25)23-16-9-7-15(22)8-10-16/h3-10,12,18H,11H2,1-2H3,(H,23,25)(H,24,26)/t18-/m0/s1. The molecule has 2 N–H and O–H groups in total. The van der Waals surface area contributed by atoms with E-state index in [1.54, 1.807) is 13.8 Å². The molecule has 0 unspecified atom stereocenters. The fraction of sp³-hybridized carbons (Fsp3) is 0.250. The monoisotopic (exact) mass is 390 g/mol. The largest absolute Gasteiger partial charge is 0.454 e. The zero-order chi connectivity index (χ0) is 20.7. The van der Waals surface area contributed by atoms with Crippen LogP contribution >= 0.6 is 0 Å². The number of hydrogen-bond acceptors (Lipinski definition) is 4. The molecule has 0 fully saturated rings. The van der Waals surface area contributed by atoms with Crippen LogP contribution in [0, 0.1) is 17.6 Å². The van der Waals surface area contributed by atoms with Crippen molar-refractivity contribution < 1.29 is 27.9 Å². The molecule has 148 valence electrons. The summed E-state index contributed by atoms with van der Waals surface area (Å²) in [5.74, 6) is -3.18. The maximum absolute atomic E-state index is 13.0. The molecule has 2 aromatic carbocycles. The Bertz CT molecular complexity index is 836. The third kappa shape index (κ3) is 6.15. The van der Waals surface area contributed by atoms with Crippen LogP contribution < -0.4 is 10.6 Å². The summed E-state index contributed by atoms with van der Waals surface area (Å²) < 4.78 is 30.8. The van der Waals surface area contributed by atoms with E-state index in [9.17, 15) is 23.2 Å². The first-order valence-electron chi connectivity index (χ1n) is 8.54. The number of nitrogens with one attached hydrogen (secondary N) is 2. The van der Waals surface area contributed by atoms with Gasteiger partial charge in [-0.2, -0.15) is 0 Å². The van der Waals surface area contributed by atoms with Gasteiger partial charge >= 0.3 is 5.97 Å². The number of rotatable bonds is 7. The number of amides is 2. The summed E-state index contributed by atoms with van der Waals surface area (Å²) in [6, 6.07) is 8.98. The van der Waals surface area contributed by atoms with E-state index < -0.39 is 42.1 Å². The van der Waals surface area contributed by atoms with E-state index in [0.29, 0.717) is 5.69 Å². The molecule has 0 aromatic heterocycles. The molecule has 0 spiro atoms. The molecule has 6 nitrogen and oxygen atoms in total. The highest BCUT2D eigenvalue weighted by atomic mass is 19.1. The maximum atomic E-state index is 13.0. The van der Waals surface area contributed by atoms with Crippen molar-refractivity contribution in [1.82, 2.24) is 5.32 Å². The minimum atomic E-state index is -0.990. The quantitative estimate of drug-likeness (QED) is 0.712. The Hall–Kier alpha value is -3.29. The van der Waals surface area contributed by atoms with Crippen LogP contribution in [0.3, 0.4) is 0 Å². The van der Waals surface area contributed by atoms with Crippen molar-refractivity contribution in [3.05, 3.63) is 65.7 Å². The van der Waals surface area contributed by atoms with E-state index in [1.807, 2.05) is 0 Å². The van der Waals surface area contributed by atoms with Crippen molar-refractivity contribution in [3.8, 4) is 0 Å². The van der Waals surface area contributed by atoms with Crippen LogP contribution in [-0.2, 0) is 14.3 Å². The molecule has 28 heavy (non-hydrogen) atoms. The Morgan fingerprint density at radius 3 is 2.00 bits per heavy atom. The molecular weight excluding hydrogens is 370 g/mol. The number of carbonyl (C=O) groups is 3. The number of benzene rings is 2. The molecule has 2 amide bonds. The van der Waals surface area contributed by atoms with Crippen molar-refractivity contribution in [2.24, 2.45) is 5.92 Å². The SMILES string of the molecule is CC(C)[C@H](NC(=O)c1ccc(F)cc1)C(=O)OCC(=O)Nc1ccc(F)cc1. The first-order valence-corrected chi connectivity index (χ1v) is 8.54. The smallest absolute Gasteiger partial charge is 0.329 e. The minimum absolute atomic E-state index is 0.189. The third-order valence-electron chi connectivity index (χ3n) is 3.79. The van der Waals surface area contributed by atoms with Crippen molar-refractivity contribution in [3.63, 3.8) is 0 Å². The molecule has 8 heteroatoms. The van der Waals surface area contributed by atoms with Gasteiger partial charge in [0.15, 0.2) is 6.61 Å². The van der Waals surface area contributed by atoms with Gasteiger partial charge in [-0.05, 0) is 54.4 Å². The van der Waals surface area contributed by atoms with Crippen LogP contribution in [0.25, 0.3) is 0 Å². The Kier molecular flexibility index (Phi) is 7.20. The number of hydrogen-bond donors (Lipinski definition) is 2. The van der Waals surface area contributed by atoms with E-state index in [4.69, 9.17) is 4.74 Å². The van der Waals surface area contributed by atoms with E-state index >= 15 is 0 Å². The molecule has 0 bridgehead atoms. The van der Waals surface area contributed by atoms with Crippen LogP contribution in [-0.4, -0.2) is 30.4 Å². The normalized spacial score (nSPS) is 11.6. The summed E-state index contributed by atoms with van der Waals surface area (Å²) >= 11 is 0. The van der Waals surface area contributed by atoms with E-state index in [0.717, 1.165) is 12.1 Å². The van der Waals surface area contributed by atoms with Crippen molar-refractivity contribution in [2.45, 2.75) is 19.9 Å². The summed E-state index contributed by atoms with van der Waals surface area (Å²) in [6.45, 7) is 2.84. The Labute approximate surface area is 160 Å². The number of esters is 1. The van der Waals surface area contributed by atoms with E-state index in [-0.39, 0.29) is 11.5 Å². The highest BCUT2D eigenvalue weighted by Gasteiger charge is 2.26. The molecular formula is C20H20F2N2O4. The lowest BCUT2D eigenvalue weighted by atomic mass is 10.0. The van der Waals surface area contributed by atoms with Gasteiger partial charge in [-0.3, -0.25) is 9.59 Å². The highest BCUT2D eigenvalue weighted by Crippen LogP contribution is 2.10. The van der Waals surface area contributed by atoms with Crippen molar-refractivity contribution >= 4 is 23.5 Å². The number of carbonyl (C=O) groups excluding carboxylic acids is 3. The lowest BCUT2D eigenvalue weighted by Crippen LogP contribution is -2.45. The predicted molar refractivity (Wildman–Crippen MR) is 98.5 cm³/mol. The first kappa shape index (κ1) is 21.0. The second-order valence-electron chi connectivity index (χ2n) is 6.36. The van der Waals surface area contributed by atoms with Gasteiger partial charge in [-0.1, -0.05) is 13.8 Å². The van der Waals surface area contributed by atoms with Crippen LogP contribution in [0.5, 0.6) is 0 Å². The number of ether oxygens (including phenoxy) is 1. The Morgan fingerprint density at radius 2 is 1.46 bits per heavy atom. The average Bonchev–Trinajstić information content (AvgIpc) is 2.66. The molecule has 0 aliphatic rings. The van der Waals surface area contributed by atoms with Gasteiger partial charge < -0.3 is 15.4 Å². The summed E-state index contributed by atoms with van der Waals surface area (Å²) in [5.41, 5.74) is 0.543. The molecule has 1 atom stereocenters. The molecule has 0 aliphatic heterocycles. The number of halogens is 2. The van der Waals surface area contributed by atoms with Crippen LogP contribution in [0.1, 0.15) is 24.2 Å².